The molecule has 1 aliphatic heterocycles. The lowest BCUT2D eigenvalue weighted by molar-refractivity contribution is -0.137. The molecule has 0 aliphatic carbocycles. The van der Waals surface area contributed by atoms with Crippen LogP contribution in [-0.2, 0) is 14.3 Å². The van der Waals surface area contributed by atoms with Crippen LogP contribution in [0.3, 0.4) is 0 Å². The molecule has 0 spiro atoms. The van der Waals surface area contributed by atoms with Crippen LogP contribution in [-0.4, -0.2) is 55.9 Å². The van der Waals surface area contributed by atoms with E-state index in [1.807, 2.05) is 6.92 Å². The van der Waals surface area contributed by atoms with Crippen molar-refractivity contribution in [3.63, 3.8) is 0 Å². The second-order valence-electron chi connectivity index (χ2n) is 4.58. The maximum Gasteiger partial charge on any atom is 0.407 e. The van der Waals surface area contributed by atoms with Crippen LogP contribution in [0.4, 0.5) is 4.79 Å². The Morgan fingerprint density at radius 1 is 1.39 bits per heavy atom. The average Bonchev–Trinajstić information content (AvgIpc) is 2.80. The number of methoxy groups -OCH3 is 2. The second-order valence-corrected chi connectivity index (χ2v) is 4.58. The van der Waals surface area contributed by atoms with Crippen LogP contribution in [0.2, 0.25) is 0 Å². The predicted octanol–water partition coefficient (Wildman–Crippen LogP) is 0.757. The lowest BCUT2D eigenvalue weighted by atomic mass is 10.1. The fraction of sp³-hybridized carbons (Fsp3) is 0.833. The number of nitrogens with zero attached hydrogens (tertiary/aromatic N) is 1. The van der Waals surface area contributed by atoms with E-state index in [1.54, 1.807) is 11.8 Å². The van der Waals surface area contributed by atoms with Gasteiger partial charge in [-0.2, -0.15) is 0 Å². The van der Waals surface area contributed by atoms with Gasteiger partial charge in [-0.3, -0.25) is 4.79 Å². The van der Waals surface area contributed by atoms with Gasteiger partial charge in [-0.1, -0.05) is 0 Å². The Morgan fingerprint density at radius 3 is 2.50 bits per heavy atom. The molecule has 0 aromatic rings. The summed E-state index contributed by atoms with van der Waals surface area (Å²) in [5, 5.41) is 2.54. The Kier molecular flexibility index (Phi) is 5.40. The van der Waals surface area contributed by atoms with Crippen LogP contribution >= 0.6 is 0 Å². The molecule has 2 amide bonds. The highest BCUT2D eigenvalue weighted by atomic mass is 16.5. The van der Waals surface area contributed by atoms with E-state index in [1.165, 1.54) is 14.2 Å². The first-order chi connectivity index (χ1) is 8.51. The molecule has 1 heterocycles. The fourth-order valence-corrected chi connectivity index (χ4v) is 2.14. The first kappa shape index (κ1) is 14.8. The van der Waals surface area contributed by atoms with Gasteiger partial charge < -0.3 is 19.7 Å². The van der Waals surface area contributed by atoms with Crippen molar-refractivity contribution in [2.45, 2.75) is 44.9 Å². The molecule has 0 aromatic carbocycles. The van der Waals surface area contributed by atoms with Gasteiger partial charge in [0.1, 0.15) is 6.04 Å². The molecular weight excluding hydrogens is 236 g/mol. The molecule has 1 aliphatic rings. The normalized spacial score (nSPS) is 22.4. The summed E-state index contributed by atoms with van der Waals surface area (Å²) >= 11 is 0. The molecule has 1 unspecified atom stereocenters. The van der Waals surface area contributed by atoms with E-state index in [2.05, 4.69) is 10.1 Å². The van der Waals surface area contributed by atoms with Crippen molar-refractivity contribution in [1.29, 1.82) is 0 Å². The molecule has 0 saturated carbocycles. The van der Waals surface area contributed by atoms with Gasteiger partial charge >= 0.3 is 6.09 Å². The molecule has 0 aromatic heterocycles. The molecule has 6 nitrogen and oxygen atoms in total. The third-order valence-corrected chi connectivity index (χ3v) is 3.40. The van der Waals surface area contributed by atoms with Crippen LogP contribution in [0.25, 0.3) is 0 Å². The number of likely N-dealkylation sites (tertiary alicyclic amines) is 1. The van der Waals surface area contributed by atoms with Gasteiger partial charge in [0.15, 0.2) is 0 Å². The number of hydrogen-bond donors (Lipinski definition) is 1. The van der Waals surface area contributed by atoms with Gasteiger partial charge in [-0.15, -0.1) is 0 Å². The number of carbonyl (C=O) groups is 2. The van der Waals surface area contributed by atoms with Gasteiger partial charge in [0, 0.05) is 19.7 Å². The molecule has 6 heteroatoms. The molecule has 1 rings (SSSR count). The van der Waals surface area contributed by atoms with E-state index in [4.69, 9.17) is 4.74 Å². The van der Waals surface area contributed by atoms with E-state index in [0.717, 1.165) is 19.4 Å². The fourth-order valence-electron chi connectivity index (χ4n) is 2.14. The molecule has 0 bridgehead atoms. The van der Waals surface area contributed by atoms with E-state index in [9.17, 15) is 9.59 Å². The number of amides is 2. The van der Waals surface area contributed by atoms with Gasteiger partial charge in [0.25, 0.3) is 0 Å². The Hall–Kier alpha value is -1.30. The summed E-state index contributed by atoms with van der Waals surface area (Å²) in [6.45, 7) is 4.49. The standard InChI is InChI=1S/C12H22N2O4/c1-8-6-5-7-14(8)11(15)10(9(2)17-3)13-12(16)18-4/h8-10H,5-7H2,1-4H3,(H,13,16)/t8-,9?,10+/m1/s1. The summed E-state index contributed by atoms with van der Waals surface area (Å²) < 4.78 is 9.69. The summed E-state index contributed by atoms with van der Waals surface area (Å²) in [4.78, 5) is 25.5. The molecular formula is C12H22N2O4. The Balaban J connectivity index is 2.75. The van der Waals surface area contributed by atoms with E-state index >= 15 is 0 Å². The van der Waals surface area contributed by atoms with E-state index < -0.39 is 18.2 Å². The minimum absolute atomic E-state index is 0.111. The molecule has 1 fully saturated rings. The largest absolute Gasteiger partial charge is 0.453 e. The van der Waals surface area contributed by atoms with E-state index in [0.29, 0.717) is 0 Å². The summed E-state index contributed by atoms with van der Waals surface area (Å²) in [6, 6.07) is -0.494. The molecule has 1 saturated heterocycles. The van der Waals surface area contributed by atoms with Crippen molar-refractivity contribution >= 4 is 12.0 Å². The van der Waals surface area contributed by atoms with Crippen molar-refractivity contribution in [3.05, 3.63) is 0 Å². The first-order valence-electron chi connectivity index (χ1n) is 6.19. The lowest BCUT2D eigenvalue weighted by Gasteiger charge is -2.29. The highest BCUT2D eigenvalue weighted by Gasteiger charge is 2.35. The number of alkyl carbamates (subject to hydrolysis) is 1. The topological polar surface area (TPSA) is 67.9 Å². The zero-order valence-corrected chi connectivity index (χ0v) is 11.4. The number of rotatable bonds is 4. The monoisotopic (exact) mass is 258 g/mol. The number of hydrogen-bond acceptors (Lipinski definition) is 4. The van der Waals surface area contributed by atoms with Crippen molar-refractivity contribution in [2.24, 2.45) is 0 Å². The molecule has 18 heavy (non-hydrogen) atoms. The van der Waals surface area contributed by atoms with Crippen LogP contribution in [0, 0.1) is 0 Å². The molecule has 1 N–H and O–H groups in total. The van der Waals surface area contributed by atoms with Crippen LogP contribution in [0.5, 0.6) is 0 Å². The number of ether oxygens (including phenoxy) is 2. The molecule has 0 radical (unpaired) electrons. The van der Waals surface area contributed by atoms with Crippen molar-refractivity contribution in [3.8, 4) is 0 Å². The highest BCUT2D eigenvalue weighted by molar-refractivity contribution is 5.86. The summed E-state index contributed by atoms with van der Waals surface area (Å²) in [7, 11) is 2.78. The second kappa shape index (κ2) is 6.58. The van der Waals surface area contributed by atoms with Crippen molar-refractivity contribution in [2.75, 3.05) is 20.8 Å². The van der Waals surface area contributed by atoms with Gasteiger partial charge in [-0.05, 0) is 26.7 Å². The summed E-state index contributed by atoms with van der Waals surface area (Å²) in [6.07, 6.45) is 0.977. The van der Waals surface area contributed by atoms with Crippen LogP contribution < -0.4 is 5.32 Å². The molecule has 104 valence electrons. The first-order valence-corrected chi connectivity index (χ1v) is 6.19. The summed E-state index contributed by atoms with van der Waals surface area (Å²) in [5.41, 5.74) is 0. The summed E-state index contributed by atoms with van der Waals surface area (Å²) in [5.74, 6) is -0.111. The number of nitrogens with one attached hydrogen (secondary N) is 1. The highest BCUT2D eigenvalue weighted by Crippen LogP contribution is 2.18. The Labute approximate surface area is 108 Å². The number of carbonyl (C=O) groups excluding carboxylic acids is 2. The average molecular weight is 258 g/mol. The maximum absolute atomic E-state index is 12.4. The lowest BCUT2D eigenvalue weighted by Crippen LogP contribution is -2.54. The third kappa shape index (κ3) is 3.35. The van der Waals surface area contributed by atoms with Crippen LogP contribution in [0.15, 0.2) is 0 Å². The minimum Gasteiger partial charge on any atom is -0.453 e. The van der Waals surface area contributed by atoms with Crippen LogP contribution in [0.1, 0.15) is 26.7 Å². The van der Waals surface area contributed by atoms with Gasteiger partial charge in [0.2, 0.25) is 5.91 Å². The van der Waals surface area contributed by atoms with Gasteiger partial charge in [0.05, 0.1) is 13.2 Å². The Morgan fingerprint density at radius 2 is 2.06 bits per heavy atom. The SMILES string of the molecule is COC(=O)N[C@H](C(=O)N1CCC[C@H]1C)C(C)OC. The van der Waals surface area contributed by atoms with Crippen molar-refractivity contribution in [1.82, 2.24) is 10.2 Å². The zero-order valence-electron chi connectivity index (χ0n) is 11.4. The Bertz CT molecular complexity index is 308. The molecule has 3 atom stereocenters. The zero-order chi connectivity index (χ0) is 13.7. The smallest absolute Gasteiger partial charge is 0.407 e. The van der Waals surface area contributed by atoms with Gasteiger partial charge in [-0.25, -0.2) is 4.79 Å². The third-order valence-electron chi connectivity index (χ3n) is 3.40. The maximum atomic E-state index is 12.4. The quantitative estimate of drug-likeness (QED) is 0.808. The van der Waals surface area contributed by atoms with Crippen molar-refractivity contribution < 1.29 is 19.1 Å². The predicted molar refractivity (Wildman–Crippen MR) is 66.2 cm³/mol. The minimum atomic E-state index is -0.706. The van der Waals surface area contributed by atoms with E-state index in [-0.39, 0.29) is 11.9 Å².